The molecule has 0 aliphatic carbocycles. The Morgan fingerprint density at radius 1 is 1.09 bits per heavy atom. The molecule has 22 heavy (non-hydrogen) atoms. The number of nitrogens with zero attached hydrogens (tertiary/aromatic N) is 3. The minimum Gasteiger partial charge on any atom is -0.392 e. The quantitative estimate of drug-likeness (QED) is 0.804. The Balaban J connectivity index is 2.12. The third-order valence-corrected chi connectivity index (χ3v) is 3.93. The van der Waals surface area contributed by atoms with Gasteiger partial charge in [-0.2, -0.15) is 0 Å². The van der Waals surface area contributed by atoms with Gasteiger partial charge in [0, 0.05) is 12.1 Å². The third-order valence-electron chi connectivity index (χ3n) is 3.93. The number of aromatic nitrogens is 3. The molecular weight excluding hydrogens is 274 g/mol. The maximum atomic E-state index is 9.30. The molecule has 0 radical (unpaired) electrons. The van der Waals surface area contributed by atoms with Crippen LogP contribution in [0.25, 0.3) is 11.2 Å². The summed E-state index contributed by atoms with van der Waals surface area (Å²) in [6.07, 6.45) is 0.870. The molecule has 0 atom stereocenters. The van der Waals surface area contributed by atoms with E-state index in [0.29, 0.717) is 0 Å². The van der Waals surface area contributed by atoms with Gasteiger partial charge in [-0.05, 0) is 36.6 Å². The van der Waals surface area contributed by atoms with Crippen LogP contribution in [0.5, 0.6) is 0 Å². The molecule has 0 fully saturated rings. The average Bonchev–Trinajstić information content (AvgIpc) is 2.86. The fourth-order valence-electron chi connectivity index (χ4n) is 2.89. The van der Waals surface area contributed by atoms with Gasteiger partial charge in [0.2, 0.25) is 0 Å². The first kappa shape index (κ1) is 14.7. The summed E-state index contributed by atoms with van der Waals surface area (Å²) in [5, 5.41) is 9.30. The molecule has 1 N–H and O–H groups in total. The van der Waals surface area contributed by atoms with Crippen LogP contribution in [0.4, 0.5) is 0 Å². The molecule has 4 nitrogen and oxygen atoms in total. The number of aliphatic hydroxyl groups excluding tert-OH is 1. The lowest BCUT2D eigenvalue weighted by atomic mass is 10.1. The summed E-state index contributed by atoms with van der Waals surface area (Å²) >= 11 is 0. The van der Waals surface area contributed by atoms with Crippen molar-refractivity contribution in [2.75, 3.05) is 0 Å². The van der Waals surface area contributed by atoms with Gasteiger partial charge < -0.3 is 9.67 Å². The Morgan fingerprint density at radius 3 is 2.59 bits per heavy atom. The highest BCUT2D eigenvalue weighted by Gasteiger charge is 2.13. The van der Waals surface area contributed by atoms with Crippen molar-refractivity contribution >= 4 is 11.2 Å². The first-order valence-corrected chi connectivity index (χ1v) is 7.64. The molecule has 2 heterocycles. The van der Waals surface area contributed by atoms with Crippen LogP contribution in [0.1, 0.15) is 35.1 Å². The Labute approximate surface area is 130 Å². The van der Waals surface area contributed by atoms with Crippen LogP contribution in [-0.4, -0.2) is 19.6 Å². The standard InChI is InChI=1S/C18H21N3O/c1-4-16-20-17-12(2)8-13(3)19-18(17)21(16)10-14-6-5-7-15(9-14)11-22/h5-9,22H,4,10-11H2,1-3H3. The molecule has 0 unspecified atom stereocenters. The van der Waals surface area contributed by atoms with Crippen molar-refractivity contribution in [3.63, 3.8) is 0 Å². The molecule has 0 aliphatic rings. The lowest BCUT2D eigenvalue weighted by molar-refractivity contribution is 0.281. The monoisotopic (exact) mass is 295 g/mol. The zero-order valence-corrected chi connectivity index (χ0v) is 13.3. The molecule has 0 spiro atoms. The lowest BCUT2D eigenvalue weighted by Gasteiger charge is -2.09. The second-order valence-corrected chi connectivity index (χ2v) is 5.70. The van der Waals surface area contributed by atoms with Crippen LogP contribution in [0.2, 0.25) is 0 Å². The van der Waals surface area contributed by atoms with Gasteiger partial charge in [0.1, 0.15) is 11.3 Å². The highest BCUT2D eigenvalue weighted by atomic mass is 16.3. The SMILES string of the molecule is CCc1nc2c(C)cc(C)nc2n1Cc1cccc(CO)c1. The second-order valence-electron chi connectivity index (χ2n) is 5.70. The fourth-order valence-corrected chi connectivity index (χ4v) is 2.89. The lowest BCUT2D eigenvalue weighted by Crippen LogP contribution is -2.06. The molecule has 0 saturated carbocycles. The van der Waals surface area contributed by atoms with Gasteiger partial charge in [-0.1, -0.05) is 31.2 Å². The maximum Gasteiger partial charge on any atom is 0.160 e. The zero-order chi connectivity index (χ0) is 15.7. The Morgan fingerprint density at radius 2 is 1.86 bits per heavy atom. The summed E-state index contributed by atoms with van der Waals surface area (Å²) in [5.41, 5.74) is 6.20. The molecule has 1 aromatic carbocycles. The highest BCUT2D eigenvalue weighted by molar-refractivity contribution is 5.76. The van der Waals surface area contributed by atoms with Crippen LogP contribution in [0.3, 0.4) is 0 Å². The summed E-state index contributed by atoms with van der Waals surface area (Å²) in [5.74, 6) is 1.05. The summed E-state index contributed by atoms with van der Waals surface area (Å²) in [6.45, 7) is 7.00. The molecule has 3 aromatic rings. The number of pyridine rings is 1. The highest BCUT2D eigenvalue weighted by Crippen LogP contribution is 2.21. The third kappa shape index (κ3) is 2.62. The van der Waals surface area contributed by atoms with Crippen LogP contribution in [-0.2, 0) is 19.6 Å². The molecule has 0 saturated heterocycles. The predicted molar refractivity (Wildman–Crippen MR) is 87.8 cm³/mol. The number of hydrogen-bond donors (Lipinski definition) is 1. The van der Waals surface area contributed by atoms with E-state index in [2.05, 4.69) is 30.5 Å². The average molecular weight is 295 g/mol. The number of benzene rings is 1. The molecular formula is C18H21N3O. The van der Waals surface area contributed by atoms with Crippen molar-refractivity contribution in [2.24, 2.45) is 0 Å². The zero-order valence-electron chi connectivity index (χ0n) is 13.3. The van der Waals surface area contributed by atoms with Gasteiger partial charge in [0.15, 0.2) is 5.65 Å². The predicted octanol–water partition coefficient (Wildman–Crippen LogP) is 3.15. The summed E-state index contributed by atoms with van der Waals surface area (Å²) in [4.78, 5) is 9.46. The maximum absolute atomic E-state index is 9.30. The molecule has 0 amide bonds. The number of aryl methyl sites for hydroxylation is 3. The van der Waals surface area contributed by atoms with Crippen molar-refractivity contribution in [1.82, 2.24) is 14.5 Å². The summed E-state index contributed by atoms with van der Waals surface area (Å²) in [6, 6.07) is 10.1. The normalized spacial score (nSPS) is 11.3. The van der Waals surface area contributed by atoms with E-state index in [1.165, 1.54) is 5.56 Å². The van der Waals surface area contributed by atoms with E-state index in [1.807, 2.05) is 25.1 Å². The van der Waals surface area contributed by atoms with Crippen LogP contribution < -0.4 is 0 Å². The Bertz CT molecular complexity index is 821. The van der Waals surface area contributed by atoms with Gasteiger partial charge in [0.05, 0.1) is 13.2 Å². The van der Waals surface area contributed by atoms with E-state index in [0.717, 1.165) is 46.8 Å². The van der Waals surface area contributed by atoms with Crippen LogP contribution in [0.15, 0.2) is 30.3 Å². The van der Waals surface area contributed by atoms with E-state index in [9.17, 15) is 5.11 Å². The van der Waals surface area contributed by atoms with Gasteiger partial charge in [-0.3, -0.25) is 0 Å². The van der Waals surface area contributed by atoms with Crippen LogP contribution >= 0.6 is 0 Å². The molecule has 3 rings (SSSR count). The van der Waals surface area contributed by atoms with E-state index in [1.54, 1.807) is 0 Å². The first-order chi connectivity index (χ1) is 10.6. The molecule has 0 bridgehead atoms. The smallest absolute Gasteiger partial charge is 0.160 e. The summed E-state index contributed by atoms with van der Waals surface area (Å²) < 4.78 is 2.19. The summed E-state index contributed by atoms with van der Waals surface area (Å²) in [7, 11) is 0. The van der Waals surface area contributed by atoms with Crippen molar-refractivity contribution in [1.29, 1.82) is 0 Å². The van der Waals surface area contributed by atoms with Crippen molar-refractivity contribution in [3.05, 3.63) is 58.5 Å². The number of aliphatic hydroxyl groups is 1. The largest absolute Gasteiger partial charge is 0.392 e. The van der Waals surface area contributed by atoms with Gasteiger partial charge in [-0.25, -0.2) is 9.97 Å². The van der Waals surface area contributed by atoms with Crippen molar-refractivity contribution in [3.8, 4) is 0 Å². The number of imidazole rings is 1. The molecule has 114 valence electrons. The second kappa shape index (κ2) is 5.89. The van der Waals surface area contributed by atoms with Gasteiger partial charge in [0.25, 0.3) is 0 Å². The van der Waals surface area contributed by atoms with E-state index < -0.39 is 0 Å². The number of hydrogen-bond acceptors (Lipinski definition) is 3. The Kier molecular flexibility index (Phi) is 3.94. The molecule has 2 aromatic heterocycles. The van der Waals surface area contributed by atoms with Crippen molar-refractivity contribution in [2.45, 2.75) is 40.3 Å². The van der Waals surface area contributed by atoms with E-state index in [4.69, 9.17) is 9.97 Å². The topological polar surface area (TPSA) is 50.9 Å². The van der Waals surface area contributed by atoms with Crippen LogP contribution in [0, 0.1) is 13.8 Å². The first-order valence-electron chi connectivity index (χ1n) is 7.64. The van der Waals surface area contributed by atoms with Gasteiger partial charge >= 0.3 is 0 Å². The minimum absolute atomic E-state index is 0.0651. The van der Waals surface area contributed by atoms with Gasteiger partial charge in [-0.15, -0.1) is 0 Å². The fraction of sp³-hybridized carbons (Fsp3) is 0.333. The van der Waals surface area contributed by atoms with E-state index in [-0.39, 0.29) is 6.61 Å². The molecule has 4 heteroatoms. The minimum atomic E-state index is 0.0651. The number of fused-ring (bicyclic) bond motifs is 1. The Hall–Kier alpha value is -2.20. The number of rotatable bonds is 4. The van der Waals surface area contributed by atoms with Crippen molar-refractivity contribution < 1.29 is 5.11 Å². The molecule has 0 aliphatic heterocycles. The van der Waals surface area contributed by atoms with E-state index >= 15 is 0 Å².